The molecule has 5 aromatic rings. The fourth-order valence-electron chi connectivity index (χ4n) is 3.74. The van der Waals surface area contributed by atoms with Gasteiger partial charge in [-0.3, -0.25) is 4.57 Å². The minimum atomic E-state index is 0.522. The highest BCUT2D eigenvalue weighted by Crippen LogP contribution is 2.33. The van der Waals surface area contributed by atoms with Crippen molar-refractivity contribution >= 4 is 22.7 Å². The van der Waals surface area contributed by atoms with E-state index in [4.69, 9.17) is 9.40 Å². The standard InChI is InChI=1S/C26H24N6OS/c1-4-14-32-25(30-31-26(32)34-16-24-29-28-23(5-2)33-24)20-15-22(18-12-10-17(3)11-13-18)27-21-9-7-6-8-19(20)21/h4,6-13,15H,1,5,14,16H2,2-3H3. The highest BCUT2D eigenvalue weighted by Gasteiger charge is 2.19. The Labute approximate surface area is 202 Å². The van der Waals surface area contributed by atoms with Crippen molar-refractivity contribution in [3.05, 3.63) is 84.6 Å². The third kappa shape index (κ3) is 4.36. The van der Waals surface area contributed by atoms with Crippen molar-refractivity contribution < 1.29 is 4.42 Å². The molecule has 0 amide bonds. The van der Waals surface area contributed by atoms with Crippen molar-refractivity contribution in [2.45, 2.75) is 37.7 Å². The van der Waals surface area contributed by atoms with Gasteiger partial charge in [0.25, 0.3) is 0 Å². The van der Waals surface area contributed by atoms with Gasteiger partial charge in [0, 0.05) is 29.5 Å². The van der Waals surface area contributed by atoms with E-state index in [9.17, 15) is 0 Å². The van der Waals surface area contributed by atoms with Crippen molar-refractivity contribution in [3.8, 4) is 22.6 Å². The zero-order valence-corrected chi connectivity index (χ0v) is 19.9. The van der Waals surface area contributed by atoms with Crippen LogP contribution in [0.1, 0.15) is 24.3 Å². The molecule has 0 spiro atoms. The third-order valence-corrected chi connectivity index (χ3v) is 6.42. The Balaban J connectivity index is 1.58. The third-order valence-electron chi connectivity index (χ3n) is 5.47. The molecule has 7 nitrogen and oxygen atoms in total. The number of benzene rings is 2. The fraction of sp³-hybridized carbons (Fsp3) is 0.192. The maximum atomic E-state index is 5.65. The average Bonchev–Trinajstić information content (AvgIpc) is 3.49. The Morgan fingerprint density at radius 2 is 1.79 bits per heavy atom. The second-order valence-electron chi connectivity index (χ2n) is 7.88. The Morgan fingerprint density at radius 3 is 2.56 bits per heavy atom. The van der Waals surface area contributed by atoms with Crippen molar-refractivity contribution in [3.63, 3.8) is 0 Å². The molecule has 3 heterocycles. The van der Waals surface area contributed by atoms with Crippen molar-refractivity contribution in [1.29, 1.82) is 0 Å². The van der Waals surface area contributed by atoms with Gasteiger partial charge in [-0.1, -0.05) is 72.8 Å². The monoisotopic (exact) mass is 468 g/mol. The van der Waals surface area contributed by atoms with Gasteiger partial charge in [-0.2, -0.15) is 0 Å². The molecule has 0 bridgehead atoms. The first kappa shape index (κ1) is 22.0. The van der Waals surface area contributed by atoms with Gasteiger partial charge in [0.05, 0.1) is 17.0 Å². The van der Waals surface area contributed by atoms with Crippen LogP contribution in [0.25, 0.3) is 33.5 Å². The van der Waals surface area contributed by atoms with Gasteiger partial charge in [0.15, 0.2) is 11.0 Å². The Bertz CT molecular complexity index is 1450. The van der Waals surface area contributed by atoms with Crippen LogP contribution in [0, 0.1) is 6.92 Å². The molecule has 0 aliphatic carbocycles. The summed E-state index contributed by atoms with van der Waals surface area (Å²) in [5.74, 6) is 2.51. The number of allylic oxidation sites excluding steroid dienone is 1. The van der Waals surface area contributed by atoms with Crippen molar-refractivity contribution in [1.82, 2.24) is 29.9 Å². The predicted molar refractivity (Wildman–Crippen MR) is 134 cm³/mol. The van der Waals surface area contributed by atoms with Crippen LogP contribution in [0.2, 0.25) is 0 Å². The highest BCUT2D eigenvalue weighted by molar-refractivity contribution is 7.98. The smallest absolute Gasteiger partial charge is 0.226 e. The molecular weight excluding hydrogens is 444 g/mol. The lowest BCUT2D eigenvalue weighted by Gasteiger charge is -2.12. The average molecular weight is 469 g/mol. The van der Waals surface area contributed by atoms with E-state index in [1.54, 1.807) is 0 Å². The SMILES string of the molecule is C=CCn1c(SCc2nnc(CC)o2)nnc1-c1cc(-c2ccc(C)cc2)nc2ccccc12. The maximum absolute atomic E-state index is 5.65. The summed E-state index contributed by atoms with van der Waals surface area (Å²) in [7, 11) is 0. The van der Waals surface area contributed by atoms with Crippen LogP contribution in [-0.4, -0.2) is 29.9 Å². The van der Waals surface area contributed by atoms with E-state index in [1.165, 1.54) is 17.3 Å². The van der Waals surface area contributed by atoms with Crippen LogP contribution in [0.15, 0.2) is 76.8 Å². The number of aryl methyl sites for hydroxylation is 2. The second kappa shape index (κ2) is 9.61. The molecule has 34 heavy (non-hydrogen) atoms. The molecule has 0 aliphatic heterocycles. The Morgan fingerprint density at radius 1 is 1.00 bits per heavy atom. The molecule has 0 atom stereocenters. The quantitative estimate of drug-likeness (QED) is 0.207. The van der Waals surface area contributed by atoms with Crippen LogP contribution in [0.5, 0.6) is 0 Å². The van der Waals surface area contributed by atoms with Crippen LogP contribution in [-0.2, 0) is 18.7 Å². The number of para-hydroxylation sites is 1. The first-order valence-corrected chi connectivity index (χ1v) is 12.1. The summed E-state index contributed by atoms with van der Waals surface area (Å²) >= 11 is 1.52. The summed E-state index contributed by atoms with van der Waals surface area (Å²) in [6.45, 7) is 8.58. The summed E-state index contributed by atoms with van der Waals surface area (Å²) < 4.78 is 7.71. The van der Waals surface area contributed by atoms with E-state index in [0.29, 0.717) is 30.5 Å². The number of hydrogen-bond donors (Lipinski definition) is 0. The number of rotatable bonds is 8. The van der Waals surface area contributed by atoms with Gasteiger partial charge in [0.2, 0.25) is 11.8 Å². The molecule has 0 aliphatic rings. The van der Waals surface area contributed by atoms with E-state index in [1.807, 2.05) is 31.2 Å². The van der Waals surface area contributed by atoms with Crippen LogP contribution in [0.3, 0.4) is 0 Å². The molecule has 0 saturated carbocycles. The van der Waals surface area contributed by atoms with Crippen LogP contribution >= 0.6 is 11.8 Å². The molecule has 0 unspecified atom stereocenters. The summed E-state index contributed by atoms with van der Waals surface area (Å²) in [6.07, 6.45) is 2.57. The van der Waals surface area contributed by atoms with Gasteiger partial charge in [-0.25, -0.2) is 4.98 Å². The summed E-state index contributed by atoms with van der Waals surface area (Å²) in [4.78, 5) is 4.92. The lowest BCUT2D eigenvalue weighted by Crippen LogP contribution is -2.02. The molecular formula is C26H24N6OS. The largest absolute Gasteiger partial charge is 0.424 e. The number of fused-ring (bicyclic) bond motifs is 1. The molecule has 3 aromatic heterocycles. The van der Waals surface area contributed by atoms with Crippen LogP contribution < -0.4 is 0 Å². The number of pyridine rings is 1. The highest BCUT2D eigenvalue weighted by atomic mass is 32.2. The molecule has 0 fully saturated rings. The number of nitrogens with zero attached hydrogens (tertiary/aromatic N) is 6. The van der Waals surface area contributed by atoms with Crippen LogP contribution in [0.4, 0.5) is 0 Å². The normalized spacial score (nSPS) is 11.2. The van der Waals surface area contributed by atoms with Crippen molar-refractivity contribution in [2.75, 3.05) is 0 Å². The first-order valence-electron chi connectivity index (χ1n) is 11.1. The minimum Gasteiger partial charge on any atom is -0.424 e. The van der Waals surface area contributed by atoms with E-state index < -0.39 is 0 Å². The lowest BCUT2D eigenvalue weighted by atomic mass is 10.0. The zero-order valence-electron chi connectivity index (χ0n) is 19.1. The molecule has 0 N–H and O–H groups in total. The topological polar surface area (TPSA) is 82.5 Å². The first-order chi connectivity index (χ1) is 16.7. The number of thioether (sulfide) groups is 1. The van der Waals surface area contributed by atoms with Gasteiger partial charge < -0.3 is 4.42 Å². The number of hydrogen-bond acceptors (Lipinski definition) is 7. The molecule has 8 heteroatoms. The zero-order chi connectivity index (χ0) is 23.5. The Hall–Kier alpha value is -3.78. The minimum absolute atomic E-state index is 0.522. The predicted octanol–water partition coefficient (Wildman–Crippen LogP) is 5.89. The molecule has 2 aromatic carbocycles. The molecule has 170 valence electrons. The van der Waals surface area contributed by atoms with E-state index in [0.717, 1.165) is 38.7 Å². The maximum Gasteiger partial charge on any atom is 0.226 e. The van der Waals surface area contributed by atoms with E-state index in [-0.39, 0.29) is 0 Å². The second-order valence-corrected chi connectivity index (χ2v) is 8.82. The van der Waals surface area contributed by atoms with Gasteiger partial charge in [-0.15, -0.1) is 27.0 Å². The Kier molecular flexibility index (Phi) is 6.22. The molecule has 5 rings (SSSR count). The summed E-state index contributed by atoms with van der Waals surface area (Å²) in [5.41, 5.74) is 5.06. The summed E-state index contributed by atoms with van der Waals surface area (Å²) in [5, 5.41) is 19.0. The number of aromatic nitrogens is 6. The summed E-state index contributed by atoms with van der Waals surface area (Å²) in [6, 6.07) is 18.6. The van der Waals surface area contributed by atoms with Gasteiger partial charge in [0.1, 0.15) is 0 Å². The molecule has 0 radical (unpaired) electrons. The molecule has 0 saturated heterocycles. The van der Waals surface area contributed by atoms with E-state index in [2.05, 4.69) is 74.9 Å². The van der Waals surface area contributed by atoms with Gasteiger partial charge >= 0.3 is 0 Å². The van der Waals surface area contributed by atoms with E-state index >= 15 is 0 Å². The van der Waals surface area contributed by atoms with Crippen molar-refractivity contribution in [2.24, 2.45) is 0 Å². The van der Waals surface area contributed by atoms with Gasteiger partial charge in [-0.05, 0) is 19.1 Å². The fourth-order valence-corrected chi connectivity index (χ4v) is 4.52. The lowest BCUT2D eigenvalue weighted by molar-refractivity contribution is 0.469.